The summed E-state index contributed by atoms with van der Waals surface area (Å²) in [6.45, 7) is 4.20. The summed E-state index contributed by atoms with van der Waals surface area (Å²) in [5, 5.41) is 5.19. The minimum absolute atomic E-state index is 0.439. The summed E-state index contributed by atoms with van der Waals surface area (Å²) in [7, 11) is 2.15. The molecule has 3 aromatic rings. The van der Waals surface area contributed by atoms with E-state index in [2.05, 4.69) is 37.8 Å². The van der Waals surface area contributed by atoms with E-state index in [0.717, 1.165) is 55.3 Å². The summed E-state index contributed by atoms with van der Waals surface area (Å²) in [5.41, 5.74) is 2.72. The van der Waals surface area contributed by atoms with Gasteiger partial charge in [0.2, 0.25) is 0 Å². The quantitative estimate of drug-likeness (QED) is 0.720. The normalized spacial score (nSPS) is 21.2. The molecule has 7 nitrogen and oxygen atoms in total. The lowest BCUT2D eigenvalue weighted by molar-refractivity contribution is 0.382. The van der Waals surface area contributed by atoms with Crippen molar-refractivity contribution in [1.29, 1.82) is 0 Å². The van der Waals surface area contributed by atoms with E-state index >= 15 is 0 Å². The van der Waals surface area contributed by atoms with E-state index in [0.29, 0.717) is 11.2 Å². The molecule has 0 saturated carbocycles. The maximum Gasteiger partial charge on any atom is 0.181 e. The van der Waals surface area contributed by atoms with E-state index in [1.807, 2.05) is 16.8 Å². The zero-order chi connectivity index (χ0) is 17.0. The highest BCUT2D eigenvalue weighted by atomic mass is 35.5. The predicted octanol–water partition coefficient (Wildman–Crippen LogP) is 2.33. The maximum absolute atomic E-state index is 6.32. The van der Waals surface area contributed by atoms with E-state index in [-0.39, 0.29) is 0 Å². The van der Waals surface area contributed by atoms with Crippen molar-refractivity contribution in [1.82, 2.24) is 29.0 Å². The van der Waals surface area contributed by atoms with Crippen molar-refractivity contribution in [2.75, 3.05) is 38.1 Å². The number of imidazole rings is 1. The van der Waals surface area contributed by atoms with Gasteiger partial charge in [0.15, 0.2) is 11.5 Å². The Morgan fingerprint density at radius 1 is 1.16 bits per heavy atom. The second-order valence-electron chi connectivity index (χ2n) is 6.98. The number of rotatable bonds is 3. The molecule has 2 fully saturated rings. The second kappa shape index (κ2) is 5.71. The van der Waals surface area contributed by atoms with Crippen LogP contribution < -0.4 is 4.90 Å². The Morgan fingerprint density at radius 3 is 2.76 bits per heavy atom. The molecule has 0 N–H and O–H groups in total. The Bertz CT molecular complexity index is 926. The summed E-state index contributed by atoms with van der Waals surface area (Å²) in [4.78, 5) is 13.9. The van der Waals surface area contributed by atoms with E-state index < -0.39 is 0 Å². The molecule has 0 radical (unpaired) electrons. The first-order chi connectivity index (χ1) is 12.2. The fraction of sp³-hybridized carbons (Fsp3) is 0.471. The Labute approximate surface area is 150 Å². The van der Waals surface area contributed by atoms with Gasteiger partial charge in [-0.05, 0) is 26.4 Å². The lowest BCUT2D eigenvalue weighted by Crippen LogP contribution is -2.38. The van der Waals surface area contributed by atoms with Crippen molar-refractivity contribution < 1.29 is 0 Å². The third-order valence-corrected chi connectivity index (χ3v) is 5.50. The highest BCUT2D eigenvalue weighted by Crippen LogP contribution is 2.30. The molecule has 130 valence electrons. The van der Waals surface area contributed by atoms with Crippen molar-refractivity contribution in [2.24, 2.45) is 0 Å². The number of nitrogens with zero attached hydrogens (tertiary/aromatic N) is 7. The van der Waals surface area contributed by atoms with Gasteiger partial charge in [0.1, 0.15) is 5.15 Å². The van der Waals surface area contributed by atoms with Crippen LogP contribution in [0.15, 0.2) is 24.8 Å². The third kappa shape index (κ3) is 2.49. The fourth-order valence-electron chi connectivity index (χ4n) is 3.62. The molecule has 0 bridgehead atoms. The smallest absolute Gasteiger partial charge is 0.181 e. The molecule has 8 heteroatoms. The van der Waals surface area contributed by atoms with Crippen LogP contribution in [0.3, 0.4) is 0 Å². The van der Waals surface area contributed by atoms with Gasteiger partial charge in [-0.15, -0.1) is 0 Å². The van der Waals surface area contributed by atoms with E-state index in [4.69, 9.17) is 16.6 Å². The summed E-state index contributed by atoms with van der Waals surface area (Å²) in [6.07, 6.45) is 9.97. The topological polar surface area (TPSA) is 54.5 Å². The SMILES string of the molecule is CN1CCC(n2cc(-c3cn4c(Cl)cnc4c(N4CCC4)n3)cn2)C1. The first-order valence-electron chi connectivity index (χ1n) is 8.70. The molecule has 0 spiro atoms. The van der Waals surface area contributed by atoms with Crippen molar-refractivity contribution in [2.45, 2.75) is 18.9 Å². The summed E-state index contributed by atoms with van der Waals surface area (Å²) < 4.78 is 3.99. The number of hydrogen-bond donors (Lipinski definition) is 0. The predicted molar refractivity (Wildman–Crippen MR) is 97.2 cm³/mol. The van der Waals surface area contributed by atoms with Gasteiger partial charge in [0.05, 0.1) is 24.1 Å². The van der Waals surface area contributed by atoms with Crippen LogP contribution in [0.1, 0.15) is 18.9 Å². The molecule has 1 unspecified atom stereocenters. The highest BCUT2D eigenvalue weighted by Gasteiger charge is 2.24. The van der Waals surface area contributed by atoms with Crippen LogP contribution in [-0.2, 0) is 0 Å². The van der Waals surface area contributed by atoms with Gasteiger partial charge in [-0.2, -0.15) is 5.10 Å². The van der Waals surface area contributed by atoms with Gasteiger partial charge in [0.25, 0.3) is 0 Å². The second-order valence-corrected chi connectivity index (χ2v) is 7.37. The molecular formula is C17H20ClN7. The Balaban J connectivity index is 1.56. The first-order valence-corrected chi connectivity index (χ1v) is 9.08. The zero-order valence-corrected chi connectivity index (χ0v) is 14.9. The van der Waals surface area contributed by atoms with Crippen LogP contribution in [0.5, 0.6) is 0 Å². The van der Waals surface area contributed by atoms with Crippen LogP contribution in [0.4, 0.5) is 5.82 Å². The van der Waals surface area contributed by atoms with Crippen molar-refractivity contribution in [3.63, 3.8) is 0 Å². The average molecular weight is 358 g/mol. The van der Waals surface area contributed by atoms with Gasteiger partial charge < -0.3 is 9.80 Å². The monoisotopic (exact) mass is 357 g/mol. The number of anilines is 1. The Morgan fingerprint density at radius 2 is 2.04 bits per heavy atom. The van der Waals surface area contributed by atoms with E-state index in [9.17, 15) is 0 Å². The minimum atomic E-state index is 0.439. The first kappa shape index (κ1) is 15.2. The molecule has 5 rings (SSSR count). The molecule has 25 heavy (non-hydrogen) atoms. The van der Waals surface area contributed by atoms with E-state index in [1.165, 1.54) is 6.42 Å². The number of fused-ring (bicyclic) bond motifs is 1. The number of hydrogen-bond acceptors (Lipinski definition) is 5. The Hall–Kier alpha value is -2.12. The third-order valence-electron chi connectivity index (χ3n) is 5.22. The van der Waals surface area contributed by atoms with Gasteiger partial charge in [-0.3, -0.25) is 9.08 Å². The fourth-order valence-corrected chi connectivity index (χ4v) is 3.80. The van der Waals surface area contributed by atoms with Crippen molar-refractivity contribution in [3.05, 3.63) is 29.9 Å². The summed E-state index contributed by atoms with van der Waals surface area (Å²) in [5.74, 6) is 0.906. The van der Waals surface area contributed by atoms with Crippen LogP contribution in [0.25, 0.3) is 16.9 Å². The van der Waals surface area contributed by atoms with Crippen LogP contribution in [0.2, 0.25) is 5.15 Å². The number of likely N-dealkylation sites (tertiary alicyclic amines) is 1. The minimum Gasteiger partial charge on any atom is -0.353 e. The molecular weight excluding hydrogens is 338 g/mol. The largest absolute Gasteiger partial charge is 0.353 e. The summed E-state index contributed by atoms with van der Waals surface area (Å²) in [6, 6.07) is 0.439. The molecule has 5 heterocycles. The molecule has 0 amide bonds. The number of aromatic nitrogens is 5. The zero-order valence-electron chi connectivity index (χ0n) is 14.1. The lowest BCUT2D eigenvalue weighted by Gasteiger charge is -2.32. The van der Waals surface area contributed by atoms with Crippen LogP contribution >= 0.6 is 11.6 Å². The molecule has 2 saturated heterocycles. The molecule has 1 atom stereocenters. The lowest BCUT2D eigenvalue weighted by atomic mass is 10.2. The van der Waals surface area contributed by atoms with Gasteiger partial charge in [0, 0.05) is 37.6 Å². The van der Waals surface area contributed by atoms with E-state index in [1.54, 1.807) is 6.20 Å². The average Bonchev–Trinajstić information content (AvgIpc) is 3.26. The van der Waals surface area contributed by atoms with Gasteiger partial charge >= 0.3 is 0 Å². The van der Waals surface area contributed by atoms with Gasteiger partial charge in [-0.1, -0.05) is 11.6 Å². The summed E-state index contributed by atoms with van der Waals surface area (Å²) >= 11 is 6.32. The molecule has 2 aliphatic heterocycles. The Kier molecular flexibility index (Phi) is 3.46. The molecule has 0 aromatic carbocycles. The molecule has 3 aromatic heterocycles. The number of halogens is 1. The molecule has 0 aliphatic carbocycles. The molecule has 2 aliphatic rings. The van der Waals surface area contributed by atoms with Crippen LogP contribution in [0, 0.1) is 0 Å². The van der Waals surface area contributed by atoms with Crippen LogP contribution in [-0.4, -0.2) is 62.3 Å². The maximum atomic E-state index is 6.32. The van der Waals surface area contributed by atoms with Crippen molar-refractivity contribution in [3.8, 4) is 11.3 Å². The van der Waals surface area contributed by atoms with Gasteiger partial charge in [-0.25, -0.2) is 9.97 Å². The number of likely N-dealkylation sites (N-methyl/N-ethyl adjacent to an activating group) is 1. The standard InChI is InChI=1S/C17H20ClN7/c1-22-6-3-13(10-22)25-9-12(7-20-25)14-11-24-15(18)8-19-16(24)17(21-14)23-4-2-5-23/h7-9,11,13H,2-6,10H2,1H3. The van der Waals surface area contributed by atoms with Crippen molar-refractivity contribution >= 4 is 23.1 Å². The highest BCUT2D eigenvalue weighted by molar-refractivity contribution is 6.29.